The van der Waals surface area contributed by atoms with Crippen LogP contribution in [0.4, 0.5) is 0 Å². The normalized spacial score (nSPS) is 11.0. The van der Waals surface area contributed by atoms with E-state index >= 15 is 0 Å². The van der Waals surface area contributed by atoms with Gasteiger partial charge in [-0.25, -0.2) is 0 Å². The number of aliphatic hydroxyl groups is 1. The van der Waals surface area contributed by atoms with Gasteiger partial charge in [-0.2, -0.15) is 4.98 Å². The van der Waals surface area contributed by atoms with Crippen molar-refractivity contribution in [2.75, 3.05) is 0 Å². The van der Waals surface area contributed by atoms with Crippen molar-refractivity contribution in [2.24, 2.45) is 0 Å². The van der Waals surface area contributed by atoms with Crippen molar-refractivity contribution in [3.8, 4) is 5.75 Å². The fourth-order valence-corrected chi connectivity index (χ4v) is 1.76. The lowest BCUT2D eigenvalue weighted by Gasteiger charge is -2.09. The van der Waals surface area contributed by atoms with Gasteiger partial charge < -0.3 is 14.4 Å². The molecule has 0 bridgehead atoms. The summed E-state index contributed by atoms with van der Waals surface area (Å²) in [6.45, 7) is 3.93. The molecule has 0 atom stereocenters. The SMILES string of the molecule is CC(C)c1nc(COc2cccc(Cl)c2CO)no1. The van der Waals surface area contributed by atoms with Crippen molar-refractivity contribution in [1.29, 1.82) is 0 Å². The number of aromatic nitrogens is 2. The largest absolute Gasteiger partial charge is 0.485 e. The van der Waals surface area contributed by atoms with E-state index in [9.17, 15) is 5.11 Å². The quantitative estimate of drug-likeness (QED) is 0.913. The van der Waals surface area contributed by atoms with E-state index in [4.69, 9.17) is 20.9 Å². The lowest BCUT2D eigenvalue weighted by molar-refractivity contribution is 0.252. The van der Waals surface area contributed by atoms with E-state index < -0.39 is 0 Å². The molecule has 1 aromatic heterocycles. The average molecular weight is 283 g/mol. The zero-order valence-corrected chi connectivity index (χ0v) is 11.5. The zero-order valence-electron chi connectivity index (χ0n) is 10.8. The summed E-state index contributed by atoms with van der Waals surface area (Å²) in [6.07, 6.45) is 0. The number of hydrogen-bond acceptors (Lipinski definition) is 5. The first-order valence-electron chi connectivity index (χ1n) is 5.95. The summed E-state index contributed by atoms with van der Waals surface area (Å²) >= 11 is 5.97. The second kappa shape index (κ2) is 6.04. The Labute approximate surface area is 116 Å². The average Bonchev–Trinajstić information content (AvgIpc) is 2.85. The van der Waals surface area contributed by atoms with E-state index in [0.29, 0.717) is 28.1 Å². The first-order valence-corrected chi connectivity index (χ1v) is 6.33. The highest BCUT2D eigenvalue weighted by atomic mass is 35.5. The zero-order chi connectivity index (χ0) is 13.8. The summed E-state index contributed by atoms with van der Waals surface area (Å²) in [4.78, 5) is 4.20. The molecule has 0 aliphatic rings. The minimum absolute atomic E-state index is 0.170. The van der Waals surface area contributed by atoms with E-state index in [-0.39, 0.29) is 19.1 Å². The fraction of sp³-hybridized carbons (Fsp3) is 0.385. The fourth-order valence-electron chi connectivity index (χ4n) is 1.53. The Balaban J connectivity index is 2.08. The minimum atomic E-state index is -0.182. The molecule has 2 rings (SSSR count). The summed E-state index contributed by atoms with van der Waals surface area (Å²) in [5.74, 6) is 1.74. The highest BCUT2D eigenvalue weighted by Gasteiger charge is 2.12. The molecule has 0 unspecified atom stereocenters. The summed E-state index contributed by atoms with van der Waals surface area (Å²) in [7, 11) is 0. The molecule has 0 amide bonds. The van der Waals surface area contributed by atoms with Crippen LogP contribution in [0.2, 0.25) is 5.02 Å². The van der Waals surface area contributed by atoms with Gasteiger partial charge in [0, 0.05) is 16.5 Å². The molecule has 0 aliphatic carbocycles. The van der Waals surface area contributed by atoms with E-state index in [1.165, 1.54) is 0 Å². The Bertz CT molecular complexity index is 555. The Hall–Kier alpha value is -1.59. The lowest BCUT2D eigenvalue weighted by Crippen LogP contribution is -2.01. The van der Waals surface area contributed by atoms with Gasteiger partial charge in [0.15, 0.2) is 6.61 Å². The Morgan fingerprint density at radius 2 is 2.21 bits per heavy atom. The first-order chi connectivity index (χ1) is 9.11. The van der Waals surface area contributed by atoms with Gasteiger partial charge in [0.05, 0.1) is 6.61 Å². The van der Waals surface area contributed by atoms with Crippen LogP contribution in [-0.4, -0.2) is 15.2 Å². The molecule has 0 aliphatic heterocycles. The summed E-state index contributed by atoms with van der Waals surface area (Å²) in [5, 5.41) is 13.6. The van der Waals surface area contributed by atoms with Crippen LogP contribution < -0.4 is 4.74 Å². The van der Waals surface area contributed by atoms with Gasteiger partial charge in [0.2, 0.25) is 11.7 Å². The molecule has 0 saturated heterocycles. The van der Waals surface area contributed by atoms with Gasteiger partial charge in [0.25, 0.3) is 0 Å². The highest BCUT2D eigenvalue weighted by molar-refractivity contribution is 6.31. The molecule has 0 saturated carbocycles. The number of ether oxygens (including phenoxy) is 1. The number of rotatable bonds is 5. The molecule has 2 aromatic rings. The monoisotopic (exact) mass is 282 g/mol. The molecule has 0 spiro atoms. The molecule has 5 nitrogen and oxygen atoms in total. The molecule has 102 valence electrons. The number of hydrogen-bond donors (Lipinski definition) is 1. The number of halogens is 1. The lowest BCUT2D eigenvalue weighted by atomic mass is 10.2. The van der Waals surface area contributed by atoms with Crippen LogP contribution in [0.1, 0.15) is 37.0 Å². The molecule has 6 heteroatoms. The van der Waals surface area contributed by atoms with E-state index in [1.54, 1.807) is 18.2 Å². The van der Waals surface area contributed by atoms with Crippen LogP contribution in [0.3, 0.4) is 0 Å². The number of benzene rings is 1. The van der Waals surface area contributed by atoms with Gasteiger partial charge in [-0.05, 0) is 12.1 Å². The van der Waals surface area contributed by atoms with Crippen molar-refractivity contribution in [1.82, 2.24) is 10.1 Å². The topological polar surface area (TPSA) is 68.4 Å². The molecule has 19 heavy (non-hydrogen) atoms. The maximum Gasteiger partial charge on any atom is 0.229 e. The van der Waals surface area contributed by atoms with Gasteiger partial charge in [-0.1, -0.05) is 36.7 Å². The molecule has 1 heterocycles. The van der Waals surface area contributed by atoms with Crippen LogP contribution in [0, 0.1) is 0 Å². The van der Waals surface area contributed by atoms with Crippen LogP contribution in [-0.2, 0) is 13.2 Å². The third-order valence-corrected chi connectivity index (χ3v) is 2.92. The second-order valence-corrected chi connectivity index (χ2v) is 4.77. The van der Waals surface area contributed by atoms with E-state index in [0.717, 1.165) is 0 Å². The van der Waals surface area contributed by atoms with Crippen LogP contribution in [0.25, 0.3) is 0 Å². The molecular weight excluding hydrogens is 268 g/mol. The van der Waals surface area contributed by atoms with Crippen molar-refractivity contribution < 1.29 is 14.4 Å². The third kappa shape index (κ3) is 3.24. The van der Waals surface area contributed by atoms with Crippen molar-refractivity contribution in [3.63, 3.8) is 0 Å². The summed E-state index contributed by atoms with van der Waals surface area (Å²) in [5.41, 5.74) is 0.553. The van der Waals surface area contributed by atoms with Crippen molar-refractivity contribution >= 4 is 11.6 Å². The minimum Gasteiger partial charge on any atom is -0.485 e. The van der Waals surface area contributed by atoms with E-state index in [1.807, 2.05) is 13.8 Å². The van der Waals surface area contributed by atoms with E-state index in [2.05, 4.69) is 10.1 Å². The van der Waals surface area contributed by atoms with Crippen LogP contribution >= 0.6 is 11.6 Å². The summed E-state index contributed by atoms with van der Waals surface area (Å²) < 4.78 is 10.6. The third-order valence-electron chi connectivity index (χ3n) is 2.57. The molecule has 0 radical (unpaired) electrons. The van der Waals surface area contributed by atoms with Crippen molar-refractivity contribution in [2.45, 2.75) is 33.0 Å². The number of nitrogens with zero attached hydrogens (tertiary/aromatic N) is 2. The Morgan fingerprint density at radius 1 is 1.42 bits per heavy atom. The molecule has 1 aromatic carbocycles. The van der Waals surface area contributed by atoms with Gasteiger partial charge in [0.1, 0.15) is 5.75 Å². The molecule has 1 N–H and O–H groups in total. The van der Waals surface area contributed by atoms with Gasteiger partial charge >= 0.3 is 0 Å². The molecular formula is C13H15ClN2O3. The highest BCUT2D eigenvalue weighted by Crippen LogP contribution is 2.26. The van der Waals surface area contributed by atoms with Crippen LogP contribution in [0.15, 0.2) is 22.7 Å². The second-order valence-electron chi connectivity index (χ2n) is 4.37. The van der Waals surface area contributed by atoms with Gasteiger partial charge in [-0.3, -0.25) is 0 Å². The first kappa shape index (κ1) is 13.8. The number of aliphatic hydroxyl groups excluding tert-OH is 1. The Kier molecular flexibility index (Phi) is 4.39. The maximum atomic E-state index is 9.26. The smallest absolute Gasteiger partial charge is 0.229 e. The summed E-state index contributed by atoms with van der Waals surface area (Å²) in [6, 6.07) is 5.19. The Morgan fingerprint density at radius 3 is 2.84 bits per heavy atom. The molecule has 0 fully saturated rings. The van der Waals surface area contributed by atoms with Crippen molar-refractivity contribution in [3.05, 3.63) is 40.5 Å². The predicted octanol–water partition coefficient (Wildman–Crippen LogP) is 2.92. The van der Waals surface area contributed by atoms with Gasteiger partial charge in [-0.15, -0.1) is 0 Å². The standard InChI is InChI=1S/C13H15ClN2O3/c1-8(2)13-15-12(16-19-13)7-18-11-5-3-4-10(14)9(11)6-17/h3-5,8,17H,6-7H2,1-2H3. The maximum absolute atomic E-state index is 9.26. The van der Waals surface area contributed by atoms with Crippen LogP contribution in [0.5, 0.6) is 5.75 Å². The predicted molar refractivity (Wildman–Crippen MR) is 70.1 cm³/mol.